The van der Waals surface area contributed by atoms with Gasteiger partial charge in [-0.25, -0.2) is 0 Å². The first-order valence-electron chi connectivity index (χ1n) is 8.83. The molecule has 128 valence electrons. The summed E-state index contributed by atoms with van der Waals surface area (Å²) in [6.07, 6.45) is 0. The second-order valence-electron chi connectivity index (χ2n) is 7.71. The third-order valence-electron chi connectivity index (χ3n) is 4.47. The Balaban J connectivity index is 2.07. The molecule has 0 N–H and O–H groups in total. The molecular formula is C24H27S+. The predicted octanol–water partition coefficient (Wildman–Crippen LogP) is 6.70. The molecule has 25 heavy (non-hydrogen) atoms. The summed E-state index contributed by atoms with van der Waals surface area (Å²) in [5.74, 6) is 0. The van der Waals surface area contributed by atoms with Crippen molar-refractivity contribution in [3.8, 4) is 0 Å². The number of aryl methyl sites for hydroxylation is 2. The first kappa shape index (κ1) is 17.8. The maximum atomic E-state index is 2.31. The number of hydrogen-bond donors (Lipinski definition) is 0. The van der Waals surface area contributed by atoms with Crippen molar-refractivity contribution in [3.05, 3.63) is 89.5 Å². The first-order valence-corrected chi connectivity index (χ1v) is 10.1. The Hall–Kier alpha value is -1.99. The quantitative estimate of drug-likeness (QED) is 0.463. The van der Waals surface area contributed by atoms with Crippen molar-refractivity contribution in [2.45, 2.75) is 54.7 Å². The molecule has 0 heterocycles. The summed E-state index contributed by atoms with van der Waals surface area (Å²) < 4.78 is 0. The molecule has 1 heteroatoms. The van der Waals surface area contributed by atoms with Crippen LogP contribution in [0.3, 0.4) is 0 Å². The fraction of sp³-hybridized carbons (Fsp3) is 0.250. The van der Waals surface area contributed by atoms with Gasteiger partial charge in [-0.05, 0) is 61.2 Å². The van der Waals surface area contributed by atoms with Gasteiger partial charge in [0.25, 0.3) is 0 Å². The van der Waals surface area contributed by atoms with Crippen LogP contribution in [0.25, 0.3) is 0 Å². The van der Waals surface area contributed by atoms with E-state index in [1.807, 2.05) is 0 Å². The van der Waals surface area contributed by atoms with Gasteiger partial charge < -0.3 is 0 Å². The molecule has 0 fully saturated rings. The second-order valence-corrected chi connectivity index (χ2v) is 9.73. The van der Waals surface area contributed by atoms with Crippen LogP contribution >= 0.6 is 0 Å². The van der Waals surface area contributed by atoms with Gasteiger partial charge in [-0.2, -0.15) is 0 Å². The first-order chi connectivity index (χ1) is 11.8. The zero-order valence-corrected chi connectivity index (χ0v) is 16.7. The molecule has 3 rings (SSSR count). The average Bonchev–Trinajstić information content (AvgIpc) is 2.58. The number of benzene rings is 3. The lowest BCUT2D eigenvalue weighted by molar-refractivity contribution is 0.589. The lowest BCUT2D eigenvalue weighted by atomic mass is 9.87. The van der Waals surface area contributed by atoms with Crippen LogP contribution in [0, 0.1) is 13.8 Å². The van der Waals surface area contributed by atoms with Gasteiger partial charge >= 0.3 is 0 Å². The van der Waals surface area contributed by atoms with E-state index in [2.05, 4.69) is 107 Å². The maximum Gasteiger partial charge on any atom is 0.166 e. The van der Waals surface area contributed by atoms with E-state index in [1.54, 1.807) is 0 Å². The summed E-state index contributed by atoms with van der Waals surface area (Å²) in [5.41, 5.74) is 4.18. The van der Waals surface area contributed by atoms with E-state index in [9.17, 15) is 0 Å². The highest BCUT2D eigenvalue weighted by atomic mass is 32.2. The molecule has 0 spiro atoms. The maximum absolute atomic E-state index is 2.31. The van der Waals surface area contributed by atoms with Crippen molar-refractivity contribution in [1.82, 2.24) is 0 Å². The summed E-state index contributed by atoms with van der Waals surface area (Å²) in [6, 6.07) is 27.2. The highest BCUT2D eigenvalue weighted by Crippen LogP contribution is 2.33. The van der Waals surface area contributed by atoms with E-state index < -0.39 is 0 Å². The highest BCUT2D eigenvalue weighted by molar-refractivity contribution is 7.97. The van der Waals surface area contributed by atoms with E-state index in [-0.39, 0.29) is 16.3 Å². The average molecular weight is 348 g/mol. The molecule has 0 nitrogen and oxygen atoms in total. The van der Waals surface area contributed by atoms with Crippen molar-refractivity contribution in [1.29, 1.82) is 0 Å². The van der Waals surface area contributed by atoms with Gasteiger partial charge in [0.2, 0.25) is 0 Å². The molecule has 3 aromatic rings. The van der Waals surface area contributed by atoms with Crippen molar-refractivity contribution in [2.24, 2.45) is 0 Å². The van der Waals surface area contributed by atoms with Gasteiger partial charge in [-0.3, -0.25) is 0 Å². The predicted molar refractivity (Wildman–Crippen MR) is 110 cm³/mol. The molecule has 0 aromatic heterocycles. The molecule has 3 aromatic carbocycles. The summed E-state index contributed by atoms with van der Waals surface area (Å²) in [5, 5.41) is 0. The van der Waals surface area contributed by atoms with Gasteiger partial charge in [0.15, 0.2) is 14.7 Å². The van der Waals surface area contributed by atoms with Gasteiger partial charge in [-0.1, -0.05) is 68.3 Å². The molecule has 0 bridgehead atoms. The van der Waals surface area contributed by atoms with Crippen molar-refractivity contribution < 1.29 is 0 Å². The van der Waals surface area contributed by atoms with Crippen molar-refractivity contribution in [2.75, 3.05) is 0 Å². The van der Waals surface area contributed by atoms with E-state index in [1.165, 1.54) is 31.4 Å². The van der Waals surface area contributed by atoms with Crippen LogP contribution in [0.4, 0.5) is 0 Å². The third kappa shape index (κ3) is 4.16. The zero-order valence-electron chi connectivity index (χ0n) is 15.8. The number of hydrogen-bond acceptors (Lipinski definition) is 0. The number of rotatable bonds is 3. The summed E-state index contributed by atoms with van der Waals surface area (Å²) in [7, 11) is -0.0662. The lowest BCUT2D eigenvalue weighted by Crippen LogP contribution is -2.11. The van der Waals surface area contributed by atoms with Crippen molar-refractivity contribution >= 4 is 10.9 Å². The minimum absolute atomic E-state index is 0.0662. The molecule has 0 aliphatic rings. The van der Waals surface area contributed by atoms with E-state index in [0.29, 0.717) is 0 Å². The van der Waals surface area contributed by atoms with Gasteiger partial charge in [0.05, 0.1) is 10.9 Å². The summed E-state index contributed by atoms with van der Waals surface area (Å²) in [6.45, 7) is 11.1. The summed E-state index contributed by atoms with van der Waals surface area (Å²) >= 11 is 0. The molecule has 0 aliphatic heterocycles. The van der Waals surface area contributed by atoms with Gasteiger partial charge in [0.1, 0.15) is 0 Å². The molecule has 0 unspecified atom stereocenters. The molecule has 0 saturated carbocycles. The fourth-order valence-electron chi connectivity index (χ4n) is 2.85. The largest absolute Gasteiger partial charge is 0.166 e. The Morgan fingerprint density at radius 2 is 0.840 bits per heavy atom. The smallest absolute Gasteiger partial charge is 0.0561 e. The van der Waals surface area contributed by atoms with Crippen LogP contribution < -0.4 is 0 Å². The Morgan fingerprint density at radius 1 is 0.520 bits per heavy atom. The monoisotopic (exact) mass is 347 g/mol. The van der Waals surface area contributed by atoms with Crippen LogP contribution in [0.1, 0.15) is 37.5 Å². The Labute approximate surface area is 155 Å². The lowest BCUT2D eigenvalue weighted by Gasteiger charge is -2.19. The van der Waals surface area contributed by atoms with E-state index in [0.717, 1.165) is 0 Å². The topological polar surface area (TPSA) is 0 Å². The van der Waals surface area contributed by atoms with Crippen LogP contribution in [0.15, 0.2) is 87.5 Å². The minimum atomic E-state index is -0.0662. The highest BCUT2D eigenvalue weighted by Gasteiger charge is 2.29. The summed E-state index contributed by atoms with van der Waals surface area (Å²) in [4.78, 5) is 4.12. The Bertz CT molecular complexity index is 774. The third-order valence-corrected chi connectivity index (χ3v) is 6.70. The molecule has 0 aliphatic carbocycles. The van der Waals surface area contributed by atoms with Gasteiger partial charge in [0, 0.05) is 0 Å². The van der Waals surface area contributed by atoms with Crippen LogP contribution in [0.5, 0.6) is 0 Å². The SMILES string of the molecule is Cc1ccc([S+](c2ccc(C)cc2)c2ccc(C(C)(C)C)cc2)cc1. The standard InChI is InChI=1S/C24H27S/c1-18-6-12-21(13-7-18)25(22-14-8-19(2)9-15-22)23-16-10-20(11-17-23)24(3,4)5/h6-17H,1-5H3/q+1. The van der Waals surface area contributed by atoms with Crippen molar-refractivity contribution in [3.63, 3.8) is 0 Å². The van der Waals surface area contributed by atoms with Gasteiger partial charge in [-0.15, -0.1) is 0 Å². The molecular weight excluding hydrogens is 320 g/mol. The van der Waals surface area contributed by atoms with Crippen LogP contribution in [0.2, 0.25) is 0 Å². The minimum Gasteiger partial charge on any atom is -0.0561 e. The normalized spacial score (nSPS) is 11.8. The van der Waals surface area contributed by atoms with Crippen LogP contribution in [-0.4, -0.2) is 0 Å². The Kier molecular flexibility index (Phi) is 5.06. The van der Waals surface area contributed by atoms with E-state index >= 15 is 0 Å². The Morgan fingerprint density at radius 3 is 1.16 bits per heavy atom. The zero-order chi connectivity index (χ0) is 18.0. The second kappa shape index (κ2) is 7.09. The fourth-order valence-corrected chi connectivity index (χ4v) is 4.89. The van der Waals surface area contributed by atoms with E-state index in [4.69, 9.17) is 0 Å². The molecule has 0 amide bonds. The molecule has 0 saturated heterocycles. The molecule has 0 atom stereocenters. The molecule has 0 radical (unpaired) electrons. The van der Waals surface area contributed by atoms with Crippen LogP contribution in [-0.2, 0) is 16.3 Å².